The van der Waals surface area contributed by atoms with Gasteiger partial charge in [0, 0.05) is 55.5 Å². The van der Waals surface area contributed by atoms with Gasteiger partial charge < -0.3 is 20.1 Å². The number of benzene rings is 2. The van der Waals surface area contributed by atoms with Crippen molar-refractivity contribution in [2.45, 2.75) is 6.42 Å². The highest BCUT2D eigenvalue weighted by Crippen LogP contribution is 2.19. The van der Waals surface area contributed by atoms with E-state index in [4.69, 9.17) is 4.98 Å². The predicted octanol–water partition coefficient (Wildman–Crippen LogP) is 3.33. The minimum Gasteiger partial charge on any atom is -0.368 e. The fraction of sp³-hybridized carbons (Fsp3) is 0.261. The van der Waals surface area contributed by atoms with Gasteiger partial charge in [0.15, 0.2) is 5.82 Å². The summed E-state index contributed by atoms with van der Waals surface area (Å²) < 4.78 is 0. The molecule has 1 aliphatic heterocycles. The van der Waals surface area contributed by atoms with Crippen LogP contribution in [0.1, 0.15) is 5.56 Å². The quantitative estimate of drug-likeness (QED) is 0.518. The lowest BCUT2D eigenvalue weighted by molar-refractivity contribution is 0.635. The van der Waals surface area contributed by atoms with Gasteiger partial charge in [0.2, 0.25) is 5.95 Å². The fourth-order valence-corrected chi connectivity index (χ4v) is 3.98. The minimum atomic E-state index is 0.694. The first kappa shape index (κ1) is 18.4. The van der Waals surface area contributed by atoms with Crippen LogP contribution in [0.3, 0.4) is 0 Å². The smallest absolute Gasteiger partial charge is 0.247 e. The Morgan fingerprint density at radius 3 is 2.53 bits per heavy atom. The monoisotopic (exact) mass is 399 g/mol. The Labute approximate surface area is 175 Å². The molecule has 1 saturated heterocycles. The van der Waals surface area contributed by atoms with E-state index in [-0.39, 0.29) is 0 Å². The zero-order valence-electron chi connectivity index (χ0n) is 16.8. The zero-order chi connectivity index (χ0) is 20.2. The van der Waals surface area contributed by atoms with Crippen LogP contribution in [0.4, 0.5) is 17.5 Å². The summed E-state index contributed by atoms with van der Waals surface area (Å²) in [6.45, 7) is 4.46. The number of nitrogens with zero attached hydrogens (tertiary/aromatic N) is 5. The molecular weight excluding hydrogens is 374 g/mol. The van der Waals surface area contributed by atoms with Crippen molar-refractivity contribution in [3.63, 3.8) is 0 Å². The second-order valence-electron chi connectivity index (χ2n) is 7.49. The summed E-state index contributed by atoms with van der Waals surface area (Å²) >= 11 is 0. The molecule has 1 aliphatic rings. The Bertz CT molecular complexity index is 1100. The number of piperazine rings is 1. The van der Waals surface area contributed by atoms with Crippen LogP contribution < -0.4 is 15.1 Å². The first-order valence-corrected chi connectivity index (χ1v) is 10.4. The topological polar surface area (TPSA) is 73.0 Å². The number of para-hydroxylation sites is 2. The number of aromatic amines is 1. The molecule has 7 heteroatoms. The summed E-state index contributed by atoms with van der Waals surface area (Å²) in [6.07, 6.45) is 4.69. The van der Waals surface area contributed by atoms with Gasteiger partial charge in [0.25, 0.3) is 0 Å². The van der Waals surface area contributed by atoms with Crippen molar-refractivity contribution in [3.05, 3.63) is 72.6 Å². The Morgan fingerprint density at radius 1 is 0.900 bits per heavy atom. The summed E-state index contributed by atoms with van der Waals surface area (Å²) in [4.78, 5) is 12.6. The molecule has 0 aliphatic carbocycles. The van der Waals surface area contributed by atoms with Crippen LogP contribution in [-0.4, -0.2) is 52.9 Å². The van der Waals surface area contributed by atoms with Crippen molar-refractivity contribution in [3.8, 4) is 0 Å². The molecule has 5 rings (SSSR count). The molecular formula is C23H25N7. The first-order valence-electron chi connectivity index (χ1n) is 10.4. The molecule has 0 saturated carbocycles. The highest BCUT2D eigenvalue weighted by atomic mass is 15.4. The third-order valence-electron chi connectivity index (χ3n) is 5.61. The molecule has 0 spiro atoms. The van der Waals surface area contributed by atoms with Crippen molar-refractivity contribution in [1.29, 1.82) is 0 Å². The van der Waals surface area contributed by atoms with Gasteiger partial charge >= 0.3 is 0 Å². The Hall–Kier alpha value is -3.61. The maximum Gasteiger partial charge on any atom is 0.247 e. The highest BCUT2D eigenvalue weighted by molar-refractivity contribution is 5.83. The van der Waals surface area contributed by atoms with E-state index >= 15 is 0 Å². The number of aromatic nitrogens is 4. The number of fused-ring (bicyclic) bond motifs is 1. The zero-order valence-corrected chi connectivity index (χ0v) is 16.8. The molecule has 7 nitrogen and oxygen atoms in total. The Kier molecular flexibility index (Phi) is 5.16. The van der Waals surface area contributed by atoms with Crippen molar-refractivity contribution in [1.82, 2.24) is 20.2 Å². The fourth-order valence-electron chi connectivity index (χ4n) is 3.98. The van der Waals surface area contributed by atoms with E-state index in [1.54, 1.807) is 6.20 Å². The largest absolute Gasteiger partial charge is 0.368 e. The van der Waals surface area contributed by atoms with Crippen LogP contribution in [0, 0.1) is 0 Å². The Balaban J connectivity index is 1.18. The van der Waals surface area contributed by atoms with Crippen molar-refractivity contribution >= 4 is 28.4 Å². The SMILES string of the molecule is c1ccc(N2CCN(c3nncc(NCCc4c[nH]c5ccccc45)n3)CC2)cc1. The van der Waals surface area contributed by atoms with Gasteiger partial charge in [0.1, 0.15) is 0 Å². The third-order valence-corrected chi connectivity index (χ3v) is 5.61. The van der Waals surface area contributed by atoms with E-state index in [1.165, 1.54) is 22.2 Å². The number of hydrogen-bond donors (Lipinski definition) is 2. The highest BCUT2D eigenvalue weighted by Gasteiger charge is 2.19. The third kappa shape index (κ3) is 3.91. The van der Waals surface area contributed by atoms with Crippen LogP contribution in [0.2, 0.25) is 0 Å². The number of nitrogens with one attached hydrogen (secondary N) is 2. The predicted molar refractivity (Wildman–Crippen MR) is 121 cm³/mol. The molecule has 2 aromatic carbocycles. The lowest BCUT2D eigenvalue weighted by Gasteiger charge is -2.35. The van der Waals surface area contributed by atoms with Crippen LogP contribution in [0.25, 0.3) is 10.9 Å². The van der Waals surface area contributed by atoms with E-state index in [0.29, 0.717) is 5.95 Å². The van der Waals surface area contributed by atoms with Crippen LogP contribution in [0.5, 0.6) is 0 Å². The molecule has 1 fully saturated rings. The number of rotatable bonds is 6. The molecule has 2 N–H and O–H groups in total. The van der Waals surface area contributed by atoms with Crippen LogP contribution >= 0.6 is 0 Å². The number of anilines is 3. The van der Waals surface area contributed by atoms with E-state index in [2.05, 4.69) is 91.1 Å². The summed E-state index contributed by atoms with van der Waals surface area (Å²) in [6, 6.07) is 18.9. The lowest BCUT2D eigenvalue weighted by Crippen LogP contribution is -2.47. The summed E-state index contributed by atoms with van der Waals surface area (Å²) in [5.74, 6) is 1.46. The summed E-state index contributed by atoms with van der Waals surface area (Å²) in [5.41, 5.74) is 3.74. The number of H-pyrrole nitrogens is 1. The molecule has 3 heterocycles. The van der Waals surface area contributed by atoms with Gasteiger partial charge in [0.05, 0.1) is 6.20 Å². The molecule has 152 valence electrons. The molecule has 4 aromatic rings. The first-order chi connectivity index (χ1) is 14.9. The normalized spacial score (nSPS) is 14.3. The van der Waals surface area contributed by atoms with Gasteiger partial charge in [-0.15, -0.1) is 5.10 Å². The number of hydrogen-bond acceptors (Lipinski definition) is 6. The van der Waals surface area contributed by atoms with Gasteiger partial charge in [-0.1, -0.05) is 36.4 Å². The molecule has 2 aromatic heterocycles. The average molecular weight is 400 g/mol. The van der Waals surface area contributed by atoms with Crippen molar-refractivity contribution in [2.24, 2.45) is 0 Å². The van der Waals surface area contributed by atoms with E-state index < -0.39 is 0 Å². The van der Waals surface area contributed by atoms with E-state index in [9.17, 15) is 0 Å². The summed E-state index contributed by atoms with van der Waals surface area (Å²) in [5, 5.41) is 13.1. The van der Waals surface area contributed by atoms with Crippen molar-refractivity contribution < 1.29 is 0 Å². The van der Waals surface area contributed by atoms with E-state index in [1.807, 2.05) is 0 Å². The van der Waals surface area contributed by atoms with Crippen LogP contribution in [-0.2, 0) is 6.42 Å². The molecule has 0 amide bonds. The van der Waals surface area contributed by atoms with Crippen LogP contribution in [0.15, 0.2) is 67.0 Å². The Morgan fingerprint density at radius 2 is 1.67 bits per heavy atom. The molecule has 0 radical (unpaired) electrons. The van der Waals surface area contributed by atoms with E-state index in [0.717, 1.165) is 45.0 Å². The maximum atomic E-state index is 4.69. The van der Waals surface area contributed by atoms with Gasteiger partial charge in [-0.25, -0.2) is 0 Å². The second kappa shape index (κ2) is 8.41. The second-order valence-corrected chi connectivity index (χ2v) is 7.49. The average Bonchev–Trinajstić information content (AvgIpc) is 3.23. The maximum absolute atomic E-state index is 4.69. The molecule has 0 bridgehead atoms. The van der Waals surface area contributed by atoms with Crippen molar-refractivity contribution in [2.75, 3.05) is 47.8 Å². The summed E-state index contributed by atoms with van der Waals surface area (Å²) in [7, 11) is 0. The molecule has 0 atom stereocenters. The molecule has 30 heavy (non-hydrogen) atoms. The minimum absolute atomic E-state index is 0.694. The van der Waals surface area contributed by atoms with Gasteiger partial charge in [-0.05, 0) is 30.2 Å². The molecule has 0 unspecified atom stereocenters. The van der Waals surface area contributed by atoms with Gasteiger partial charge in [-0.3, -0.25) is 0 Å². The lowest BCUT2D eigenvalue weighted by atomic mass is 10.1. The van der Waals surface area contributed by atoms with Gasteiger partial charge in [-0.2, -0.15) is 10.1 Å². The standard InChI is InChI=1S/C23H25N7/c1-2-6-19(7-3-1)29-12-14-30(15-13-29)23-27-22(17-26-28-23)24-11-10-18-16-25-21-9-5-4-8-20(18)21/h1-9,16-17,25H,10-15H2,(H,24,27,28).